The van der Waals surface area contributed by atoms with Crippen LogP contribution >= 0.6 is 22.6 Å². The molecule has 0 radical (unpaired) electrons. The van der Waals surface area contributed by atoms with Crippen molar-refractivity contribution in [1.82, 2.24) is 4.98 Å². The van der Waals surface area contributed by atoms with Gasteiger partial charge in [0.15, 0.2) is 5.58 Å². The van der Waals surface area contributed by atoms with E-state index in [0.29, 0.717) is 28.2 Å². The predicted molar refractivity (Wildman–Crippen MR) is 113 cm³/mol. The van der Waals surface area contributed by atoms with Crippen LogP contribution in [0.5, 0.6) is 0 Å². The van der Waals surface area contributed by atoms with Crippen LogP contribution < -0.4 is 0 Å². The van der Waals surface area contributed by atoms with Crippen LogP contribution in [-0.4, -0.2) is 16.1 Å². The number of benzene rings is 3. The molecule has 0 saturated heterocycles. The summed E-state index contributed by atoms with van der Waals surface area (Å²) in [5.74, 6) is 0.543. The smallest absolute Gasteiger partial charge is 0.278 e. The third-order valence-corrected chi connectivity index (χ3v) is 4.67. The number of para-hydroxylation sites is 1. The van der Waals surface area contributed by atoms with E-state index in [1.54, 1.807) is 36.4 Å². The highest BCUT2D eigenvalue weighted by Gasteiger charge is 2.11. The summed E-state index contributed by atoms with van der Waals surface area (Å²) in [6, 6.07) is 19.8. The fourth-order valence-electron chi connectivity index (χ4n) is 2.62. The summed E-state index contributed by atoms with van der Waals surface area (Å²) in [6.07, 6.45) is 1.49. The number of hydrogen-bond donors (Lipinski definition) is 0. The Hall–Kier alpha value is -3.07. The molecule has 0 unspecified atom stereocenters. The minimum Gasteiger partial charge on any atom is -0.436 e. The molecule has 7 heteroatoms. The van der Waals surface area contributed by atoms with E-state index < -0.39 is 4.92 Å². The van der Waals surface area contributed by atoms with Gasteiger partial charge in [-0.2, -0.15) is 0 Å². The first-order chi connectivity index (χ1) is 13.1. The maximum Gasteiger partial charge on any atom is 0.278 e. The summed E-state index contributed by atoms with van der Waals surface area (Å²) < 4.78 is 6.95. The second-order valence-corrected chi connectivity index (χ2v) is 7.00. The number of rotatable bonds is 4. The highest BCUT2D eigenvalue weighted by molar-refractivity contribution is 14.1. The molecule has 1 aromatic heterocycles. The van der Waals surface area contributed by atoms with Crippen LogP contribution in [0.3, 0.4) is 0 Å². The number of nitrogens with zero attached hydrogens (tertiary/aromatic N) is 3. The zero-order valence-electron chi connectivity index (χ0n) is 13.9. The Labute approximate surface area is 167 Å². The van der Waals surface area contributed by atoms with Gasteiger partial charge in [-0.25, -0.2) is 4.98 Å². The van der Waals surface area contributed by atoms with Gasteiger partial charge >= 0.3 is 0 Å². The third kappa shape index (κ3) is 3.72. The monoisotopic (exact) mass is 469 g/mol. The van der Waals surface area contributed by atoms with Crippen molar-refractivity contribution in [2.24, 2.45) is 4.99 Å². The summed E-state index contributed by atoms with van der Waals surface area (Å²) >= 11 is 2.25. The molecule has 0 spiro atoms. The third-order valence-electron chi connectivity index (χ3n) is 3.95. The molecule has 0 N–H and O–H groups in total. The van der Waals surface area contributed by atoms with Crippen LogP contribution in [0.1, 0.15) is 5.56 Å². The zero-order chi connectivity index (χ0) is 18.8. The Morgan fingerprint density at radius 2 is 1.85 bits per heavy atom. The molecule has 0 bridgehead atoms. The van der Waals surface area contributed by atoms with Crippen molar-refractivity contribution < 1.29 is 9.34 Å². The first kappa shape index (κ1) is 17.3. The number of fused-ring (bicyclic) bond motifs is 1. The lowest BCUT2D eigenvalue weighted by Gasteiger charge is -1.96. The predicted octanol–water partition coefficient (Wildman–Crippen LogP) is 5.76. The second kappa shape index (κ2) is 7.28. The molecular weight excluding hydrogens is 457 g/mol. The molecule has 0 aliphatic carbocycles. The van der Waals surface area contributed by atoms with Crippen LogP contribution in [0.25, 0.3) is 22.6 Å². The van der Waals surface area contributed by atoms with Crippen LogP contribution in [0, 0.1) is 13.7 Å². The van der Waals surface area contributed by atoms with E-state index in [1.807, 2.05) is 24.3 Å². The minimum absolute atomic E-state index is 0.0183. The fourth-order valence-corrected chi connectivity index (χ4v) is 2.98. The highest BCUT2D eigenvalue weighted by atomic mass is 127. The molecule has 0 aliphatic rings. The van der Waals surface area contributed by atoms with Crippen molar-refractivity contribution in [2.45, 2.75) is 0 Å². The van der Waals surface area contributed by atoms with E-state index in [-0.39, 0.29) is 5.69 Å². The Bertz CT molecular complexity index is 1170. The van der Waals surface area contributed by atoms with E-state index >= 15 is 0 Å². The average molecular weight is 469 g/mol. The lowest BCUT2D eigenvalue weighted by molar-refractivity contribution is -0.385. The summed E-state index contributed by atoms with van der Waals surface area (Å²) in [5, 5.41) is 11.1. The van der Waals surface area contributed by atoms with Gasteiger partial charge in [0.05, 0.1) is 16.2 Å². The fraction of sp³-hybridized carbons (Fsp3) is 0. The summed E-state index contributed by atoms with van der Waals surface area (Å²) in [5.41, 5.74) is 3.35. The number of oxazole rings is 1. The number of aliphatic imine (C=N–C) groups is 1. The van der Waals surface area contributed by atoms with Gasteiger partial charge in [0.25, 0.3) is 5.69 Å². The van der Waals surface area contributed by atoms with Gasteiger partial charge in [0.2, 0.25) is 5.89 Å². The van der Waals surface area contributed by atoms with Gasteiger partial charge < -0.3 is 4.42 Å². The molecule has 4 rings (SSSR count). The molecule has 1 heterocycles. The van der Waals surface area contributed by atoms with Crippen molar-refractivity contribution in [3.63, 3.8) is 0 Å². The first-order valence-corrected chi connectivity index (χ1v) is 9.12. The highest BCUT2D eigenvalue weighted by Crippen LogP contribution is 2.27. The quantitative estimate of drug-likeness (QED) is 0.165. The lowest BCUT2D eigenvalue weighted by atomic mass is 10.2. The molecule has 6 nitrogen and oxygen atoms in total. The molecule has 0 amide bonds. The van der Waals surface area contributed by atoms with Crippen LogP contribution in [0.15, 0.2) is 76.1 Å². The minimum atomic E-state index is -0.421. The van der Waals surface area contributed by atoms with Gasteiger partial charge in [-0.15, -0.1) is 0 Å². The Morgan fingerprint density at radius 1 is 1.07 bits per heavy atom. The summed E-state index contributed by atoms with van der Waals surface area (Å²) in [7, 11) is 0. The molecule has 132 valence electrons. The van der Waals surface area contributed by atoms with Gasteiger partial charge in [-0.1, -0.05) is 12.1 Å². The number of hydrogen-bond acceptors (Lipinski definition) is 5. The van der Waals surface area contributed by atoms with E-state index in [9.17, 15) is 10.1 Å². The molecule has 0 aliphatic heterocycles. The maximum atomic E-state index is 11.1. The van der Waals surface area contributed by atoms with Gasteiger partial charge in [-0.05, 0) is 71.1 Å². The Morgan fingerprint density at radius 3 is 2.63 bits per heavy atom. The van der Waals surface area contributed by atoms with Crippen LogP contribution in [0.4, 0.5) is 11.4 Å². The molecule has 4 aromatic rings. The van der Waals surface area contributed by atoms with Crippen molar-refractivity contribution >= 4 is 51.3 Å². The molecule has 0 atom stereocenters. The number of nitro benzene ring substituents is 1. The normalized spacial score (nSPS) is 11.3. The maximum absolute atomic E-state index is 11.1. The average Bonchev–Trinajstić information content (AvgIpc) is 3.10. The lowest BCUT2D eigenvalue weighted by Crippen LogP contribution is -1.93. The molecule has 3 aromatic carbocycles. The Kier molecular flexibility index (Phi) is 4.68. The van der Waals surface area contributed by atoms with E-state index in [0.717, 1.165) is 9.13 Å². The van der Waals surface area contributed by atoms with Crippen molar-refractivity contribution in [3.05, 3.63) is 86.0 Å². The van der Waals surface area contributed by atoms with Crippen LogP contribution in [-0.2, 0) is 0 Å². The molecule has 0 fully saturated rings. The number of aromatic nitrogens is 1. The Balaban J connectivity index is 1.66. The van der Waals surface area contributed by atoms with Crippen molar-refractivity contribution in [3.8, 4) is 11.5 Å². The second-order valence-electron chi connectivity index (χ2n) is 5.75. The van der Waals surface area contributed by atoms with E-state index in [4.69, 9.17) is 4.42 Å². The SMILES string of the molecule is O=[N+]([O-])c1ccccc1C=Nc1ccc2oc(-c3ccc(I)cc3)nc2c1. The van der Waals surface area contributed by atoms with E-state index in [2.05, 4.69) is 32.6 Å². The van der Waals surface area contributed by atoms with Crippen molar-refractivity contribution in [1.29, 1.82) is 0 Å². The summed E-state index contributed by atoms with van der Waals surface area (Å²) in [6.45, 7) is 0. The standard InChI is InChI=1S/C20H12IN3O3/c21-15-7-5-13(6-8-15)20-23-17-11-16(9-10-19(17)27-20)22-12-14-3-1-2-4-18(14)24(25)26/h1-12H. The molecule has 27 heavy (non-hydrogen) atoms. The first-order valence-electron chi connectivity index (χ1n) is 8.04. The molecule has 0 saturated carbocycles. The largest absolute Gasteiger partial charge is 0.436 e. The topological polar surface area (TPSA) is 81.5 Å². The van der Waals surface area contributed by atoms with Gasteiger partial charge in [0, 0.05) is 21.4 Å². The van der Waals surface area contributed by atoms with Gasteiger partial charge in [0.1, 0.15) is 5.52 Å². The van der Waals surface area contributed by atoms with Crippen molar-refractivity contribution in [2.75, 3.05) is 0 Å². The number of halogens is 1. The van der Waals surface area contributed by atoms with E-state index in [1.165, 1.54) is 12.3 Å². The zero-order valence-corrected chi connectivity index (χ0v) is 16.0. The number of nitro groups is 1. The molecular formula is C20H12IN3O3. The van der Waals surface area contributed by atoms with Crippen LogP contribution in [0.2, 0.25) is 0 Å². The summed E-state index contributed by atoms with van der Waals surface area (Å²) in [4.78, 5) is 19.5. The van der Waals surface area contributed by atoms with Gasteiger partial charge in [-0.3, -0.25) is 15.1 Å².